The molecule has 4 rings (SSSR count). The van der Waals surface area contributed by atoms with Gasteiger partial charge in [-0.25, -0.2) is 15.0 Å². The van der Waals surface area contributed by atoms with E-state index in [0.717, 1.165) is 28.2 Å². The Bertz CT molecular complexity index is 871. The normalized spacial score (nSPS) is 15.2. The molecular formula is C17H15N3O. The van der Waals surface area contributed by atoms with Gasteiger partial charge in [-0.3, -0.25) is 0 Å². The minimum atomic E-state index is -0.519. The monoisotopic (exact) mass is 277 g/mol. The van der Waals surface area contributed by atoms with Crippen LogP contribution in [0.2, 0.25) is 0 Å². The number of fused-ring (bicyclic) bond motifs is 4. The highest BCUT2D eigenvalue weighted by molar-refractivity contribution is 5.79. The molecule has 0 saturated heterocycles. The molecule has 0 saturated carbocycles. The van der Waals surface area contributed by atoms with Crippen molar-refractivity contribution in [3.8, 4) is 17.0 Å². The number of rotatable bonds is 0. The van der Waals surface area contributed by atoms with Crippen LogP contribution in [0.15, 0.2) is 36.5 Å². The summed E-state index contributed by atoms with van der Waals surface area (Å²) in [4.78, 5) is 13.8. The zero-order valence-electron chi connectivity index (χ0n) is 12.2. The Morgan fingerprint density at radius 2 is 1.95 bits per heavy atom. The van der Waals surface area contributed by atoms with Crippen LogP contribution in [0.3, 0.4) is 0 Å². The zero-order chi connectivity index (χ0) is 14.6. The smallest absolute Gasteiger partial charge is 0.178 e. The second kappa shape index (κ2) is 4.01. The van der Waals surface area contributed by atoms with E-state index in [-0.39, 0.29) is 0 Å². The van der Waals surface area contributed by atoms with Crippen LogP contribution in [0.5, 0.6) is 5.75 Å². The Morgan fingerprint density at radius 1 is 1.10 bits per heavy atom. The first-order chi connectivity index (χ1) is 10.0. The molecule has 1 aliphatic heterocycles. The molecule has 3 heterocycles. The van der Waals surface area contributed by atoms with Crippen LogP contribution < -0.4 is 4.74 Å². The van der Waals surface area contributed by atoms with E-state index in [9.17, 15) is 0 Å². The fourth-order valence-electron chi connectivity index (χ4n) is 2.73. The molecule has 0 spiro atoms. The molecule has 1 aliphatic rings. The van der Waals surface area contributed by atoms with Gasteiger partial charge in [0.25, 0.3) is 0 Å². The SMILES string of the molecule is Cc1ccc2c(c1)OC(C)(C)c1nc3ncccc3nc1-2. The molecule has 3 aromatic rings. The lowest BCUT2D eigenvalue weighted by Crippen LogP contribution is -2.31. The van der Waals surface area contributed by atoms with Gasteiger partial charge in [0, 0.05) is 11.8 Å². The first-order valence-electron chi connectivity index (χ1n) is 6.98. The fourth-order valence-corrected chi connectivity index (χ4v) is 2.73. The third-order valence-corrected chi connectivity index (χ3v) is 3.77. The van der Waals surface area contributed by atoms with E-state index < -0.39 is 5.60 Å². The second-order valence-corrected chi connectivity index (χ2v) is 5.88. The third kappa shape index (κ3) is 1.79. The maximum Gasteiger partial charge on any atom is 0.178 e. The van der Waals surface area contributed by atoms with E-state index in [4.69, 9.17) is 14.7 Å². The maximum atomic E-state index is 6.15. The van der Waals surface area contributed by atoms with Gasteiger partial charge in [0.15, 0.2) is 5.65 Å². The largest absolute Gasteiger partial charge is 0.481 e. The molecule has 0 radical (unpaired) electrons. The number of hydrogen-bond acceptors (Lipinski definition) is 4. The highest BCUT2D eigenvalue weighted by Gasteiger charge is 2.35. The quantitative estimate of drug-likeness (QED) is 0.629. The van der Waals surface area contributed by atoms with Gasteiger partial charge in [-0.2, -0.15) is 0 Å². The highest BCUT2D eigenvalue weighted by Crippen LogP contribution is 2.43. The molecule has 0 bridgehead atoms. The Balaban J connectivity index is 2.09. The Kier molecular flexibility index (Phi) is 2.34. The summed E-state index contributed by atoms with van der Waals surface area (Å²) in [5, 5.41) is 0. The Morgan fingerprint density at radius 3 is 2.81 bits per heavy atom. The second-order valence-electron chi connectivity index (χ2n) is 5.88. The lowest BCUT2D eigenvalue weighted by Gasteiger charge is -2.33. The Hall–Kier alpha value is -2.49. The van der Waals surface area contributed by atoms with Gasteiger partial charge in [-0.1, -0.05) is 6.07 Å². The van der Waals surface area contributed by atoms with Crippen molar-refractivity contribution >= 4 is 11.2 Å². The van der Waals surface area contributed by atoms with Crippen molar-refractivity contribution < 1.29 is 4.74 Å². The molecule has 4 nitrogen and oxygen atoms in total. The van der Waals surface area contributed by atoms with E-state index in [2.05, 4.69) is 30.1 Å². The van der Waals surface area contributed by atoms with Crippen LogP contribution in [0.25, 0.3) is 22.4 Å². The fraction of sp³-hybridized carbons (Fsp3) is 0.235. The van der Waals surface area contributed by atoms with Gasteiger partial charge in [0.2, 0.25) is 0 Å². The number of hydrogen-bond donors (Lipinski definition) is 0. The van der Waals surface area contributed by atoms with Crippen LogP contribution in [0, 0.1) is 6.92 Å². The molecule has 104 valence electrons. The molecule has 0 aliphatic carbocycles. The number of pyridine rings is 1. The van der Waals surface area contributed by atoms with E-state index in [1.807, 2.05) is 26.0 Å². The molecule has 1 aromatic carbocycles. The van der Waals surface area contributed by atoms with Gasteiger partial charge >= 0.3 is 0 Å². The van der Waals surface area contributed by atoms with Crippen molar-refractivity contribution in [1.29, 1.82) is 0 Å². The van der Waals surface area contributed by atoms with Crippen LogP contribution >= 0.6 is 0 Å². The molecular weight excluding hydrogens is 262 g/mol. The van der Waals surface area contributed by atoms with E-state index in [1.165, 1.54) is 5.56 Å². The standard InChI is InChI=1S/C17H15N3O/c1-10-6-7-11-13(9-10)21-17(2,3)15-14(11)19-12-5-4-8-18-16(12)20-15/h4-9H,1-3H3. The predicted octanol–water partition coefficient (Wildman–Crippen LogP) is 3.63. The summed E-state index contributed by atoms with van der Waals surface area (Å²) in [6, 6.07) is 9.99. The summed E-state index contributed by atoms with van der Waals surface area (Å²) in [6.45, 7) is 6.09. The van der Waals surface area contributed by atoms with Gasteiger partial charge < -0.3 is 4.74 Å². The van der Waals surface area contributed by atoms with Crippen molar-refractivity contribution in [3.05, 3.63) is 47.8 Å². The average molecular weight is 277 g/mol. The number of benzene rings is 1. The lowest BCUT2D eigenvalue weighted by atomic mass is 9.93. The summed E-state index contributed by atoms with van der Waals surface area (Å²) < 4.78 is 6.15. The summed E-state index contributed by atoms with van der Waals surface area (Å²) in [7, 11) is 0. The van der Waals surface area contributed by atoms with E-state index in [1.54, 1.807) is 6.20 Å². The molecule has 0 unspecified atom stereocenters. The molecule has 0 N–H and O–H groups in total. The number of aryl methyl sites for hydroxylation is 1. The van der Waals surface area contributed by atoms with E-state index >= 15 is 0 Å². The predicted molar refractivity (Wildman–Crippen MR) is 81.2 cm³/mol. The topological polar surface area (TPSA) is 47.9 Å². The molecule has 2 aromatic heterocycles. The number of nitrogens with zero attached hydrogens (tertiary/aromatic N) is 3. The lowest BCUT2D eigenvalue weighted by molar-refractivity contribution is 0.100. The van der Waals surface area contributed by atoms with E-state index in [0.29, 0.717) is 5.65 Å². The van der Waals surface area contributed by atoms with Crippen molar-refractivity contribution in [2.45, 2.75) is 26.4 Å². The van der Waals surface area contributed by atoms with Gasteiger partial charge in [0.1, 0.15) is 28.3 Å². The number of aromatic nitrogens is 3. The maximum absolute atomic E-state index is 6.15. The first kappa shape index (κ1) is 12.3. The summed E-state index contributed by atoms with van der Waals surface area (Å²) in [5.41, 5.74) is 4.84. The van der Waals surface area contributed by atoms with Crippen LogP contribution in [-0.4, -0.2) is 15.0 Å². The van der Waals surface area contributed by atoms with Gasteiger partial charge in [-0.05, 0) is 50.6 Å². The molecule has 0 amide bonds. The summed E-state index contributed by atoms with van der Waals surface area (Å²) in [5.74, 6) is 0.866. The van der Waals surface area contributed by atoms with Crippen molar-refractivity contribution in [2.24, 2.45) is 0 Å². The number of ether oxygens (including phenoxy) is 1. The molecule has 0 fully saturated rings. The summed E-state index contributed by atoms with van der Waals surface area (Å²) in [6.07, 6.45) is 1.73. The van der Waals surface area contributed by atoms with Crippen LogP contribution in [-0.2, 0) is 5.60 Å². The Labute approximate surface area is 122 Å². The van der Waals surface area contributed by atoms with Crippen LogP contribution in [0.4, 0.5) is 0 Å². The average Bonchev–Trinajstić information content (AvgIpc) is 2.45. The zero-order valence-corrected chi connectivity index (χ0v) is 12.2. The minimum absolute atomic E-state index is 0.519. The first-order valence-corrected chi connectivity index (χ1v) is 6.98. The third-order valence-electron chi connectivity index (χ3n) is 3.77. The van der Waals surface area contributed by atoms with Crippen molar-refractivity contribution in [1.82, 2.24) is 15.0 Å². The summed E-state index contributed by atoms with van der Waals surface area (Å²) >= 11 is 0. The van der Waals surface area contributed by atoms with Gasteiger partial charge in [0.05, 0.1) is 0 Å². The van der Waals surface area contributed by atoms with Crippen molar-refractivity contribution in [3.63, 3.8) is 0 Å². The van der Waals surface area contributed by atoms with Gasteiger partial charge in [-0.15, -0.1) is 0 Å². The highest BCUT2D eigenvalue weighted by atomic mass is 16.5. The van der Waals surface area contributed by atoms with Crippen LogP contribution in [0.1, 0.15) is 25.1 Å². The molecule has 4 heteroatoms. The molecule has 0 atom stereocenters. The van der Waals surface area contributed by atoms with Crippen molar-refractivity contribution in [2.75, 3.05) is 0 Å². The molecule has 21 heavy (non-hydrogen) atoms. The minimum Gasteiger partial charge on any atom is -0.481 e.